The van der Waals surface area contributed by atoms with E-state index in [1.165, 1.54) is 34.5 Å². The number of sulfonamides is 1. The summed E-state index contributed by atoms with van der Waals surface area (Å²) in [7, 11) is -2.53. The fourth-order valence-electron chi connectivity index (χ4n) is 4.39. The van der Waals surface area contributed by atoms with Gasteiger partial charge in [-0.15, -0.1) is 0 Å². The molecule has 1 saturated heterocycles. The van der Waals surface area contributed by atoms with E-state index < -0.39 is 33.8 Å². The number of carbonyl (C=O) groups is 3. The number of ether oxygens (including phenoxy) is 1. The Labute approximate surface area is 227 Å². The molecular weight excluding hydrogens is 526 g/mol. The Morgan fingerprint density at radius 1 is 1.05 bits per heavy atom. The van der Waals surface area contributed by atoms with Crippen molar-refractivity contribution >= 4 is 56.9 Å². The lowest BCUT2D eigenvalue weighted by atomic mass is 10.1. The Hall–Kier alpha value is -3.41. The number of benzene rings is 3. The second-order valence-electron chi connectivity index (χ2n) is 9.03. The molecule has 0 aromatic heterocycles. The molecule has 1 heterocycles. The minimum absolute atomic E-state index is 0.0848. The van der Waals surface area contributed by atoms with E-state index in [0.29, 0.717) is 11.3 Å². The summed E-state index contributed by atoms with van der Waals surface area (Å²) >= 11 is 4.46. The van der Waals surface area contributed by atoms with Crippen molar-refractivity contribution in [1.82, 2.24) is 9.21 Å². The Bertz CT molecular complexity index is 1460. The number of amides is 2. The van der Waals surface area contributed by atoms with Crippen molar-refractivity contribution in [2.24, 2.45) is 0 Å². The lowest BCUT2D eigenvalue weighted by Gasteiger charge is -2.27. The van der Waals surface area contributed by atoms with E-state index in [-0.39, 0.29) is 36.3 Å². The molecule has 0 aliphatic carbocycles. The third-order valence-corrected chi connectivity index (χ3v) is 8.53. The number of hydrogen-bond acceptors (Lipinski definition) is 7. The number of likely N-dealkylation sites (N-methyl/N-ethyl adjacent to an activating group) is 1. The molecule has 0 saturated carbocycles. The molecule has 38 heavy (non-hydrogen) atoms. The Morgan fingerprint density at radius 3 is 2.42 bits per heavy atom. The molecule has 4 rings (SSSR count). The Balaban J connectivity index is 1.44. The van der Waals surface area contributed by atoms with Crippen LogP contribution in [0.2, 0.25) is 0 Å². The van der Waals surface area contributed by atoms with Gasteiger partial charge in [0.15, 0.2) is 0 Å². The van der Waals surface area contributed by atoms with Gasteiger partial charge < -0.3 is 15.0 Å². The lowest BCUT2D eigenvalue weighted by molar-refractivity contribution is -0.136. The second-order valence-corrected chi connectivity index (χ2v) is 11.7. The summed E-state index contributed by atoms with van der Waals surface area (Å²) in [6.45, 7) is 1.77. The predicted octanol–water partition coefficient (Wildman–Crippen LogP) is 3.18. The Morgan fingerprint density at radius 2 is 1.74 bits per heavy atom. The van der Waals surface area contributed by atoms with Crippen LogP contribution >= 0.6 is 12.6 Å². The maximum absolute atomic E-state index is 13.6. The van der Waals surface area contributed by atoms with Crippen LogP contribution in [0.15, 0.2) is 71.6 Å². The minimum Gasteiger partial charge on any atom is -0.462 e. The summed E-state index contributed by atoms with van der Waals surface area (Å²) in [5, 5.41) is 4.05. The van der Waals surface area contributed by atoms with Crippen LogP contribution in [0.4, 0.5) is 5.69 Å². The van der Waals surface area contributed by atoms with Crippen LogP contribution in [-0.4, -0.2) is 73.4 Å². The van der Waals surface area contributed by atoms with E-state index >= 15 is 0 Å². The zero-order valence-electron chi connectivity index (χ0n) is 21.0. The molecule has 2 atom stereocenters. The van der Waals surface area contributed by atoms with Crippen molar-refractivity contribution in [1.29, 1.82) is 0 Å². The number of carbonyl (C=O) groups excluding carboxylic acids is 3. The van der Waals surface area contributed by atoms with Crippen LogP contribution in [0.5, 0.6) is 0 Å². The molecule has 0 unspecified atom stereocenters. The number of anilines is 1. The van der Waals surface area contributed by atoms with E-state index in [1.807, 2.05) is 24.3 Å². The van der Waals surface area contributed by atoms with Crippen molar-refractivity contribution in [2.75, 3.05) is 32.1 Å². The van der Waals surface area contributed by atoms with Gasteiger partial charge >= 0.3 is 5.97 Å². The van der Waals surface area contributed by atoms with Gasteiger partial charge in [0.05, 0.1) is 23.6 Å². The molecule has 0 bridgehead atoms. The fraction of sp³-hybridized carbons (Fsp3) is 0.296. The average molecular weight is 556 g/mol. The fourth-order valence-corrected chi connectivity index (χ4v) is 6.55. The number of nitrogens with one attached hydrogen (secondary N) is 1. The van der Waals surface area contributed by atoms with Crippen molar-refractivity contribution in [3.63, 3.8) is 0 Å². The van der Waals surface area contributed by atoms with E-state index in [2.05, 4.69) is 17.9 Å². The quantitative estimate of drug-likeness (QED) is 0.326. The standard InChI is InChI=1S/C27H29N3O6S2/c1-3-36-27(33)19-8-11-21(12-9-19)28-25(31)17-29(2)26(32)24-15-22(37)16-30(24)38(34,35)23-13-10-18-6-4-5-7-20(18)14-23/h4-14,22,24,37H,3,15-17H2,1-2H3,(H,28,31)/t22-,24-/m0/s1. The van der Waals surface area contributed by atoms with E-state index in [1.54, 1.807) is 31.2 Å². The van der Waals surface area contributed by atoms with Gasteiger partial charge in [0.25, 0.3) is 0 Å². The topological polar surface area (TPSA) is 113 Å². The van der Waals surface area contributed by atoms with Crippen LogP contribution in [-0.2, 0) is 24.3 Å². The van der Waals surface area contributed by atoms with Crippen LogP contribution in [0.3, 0.4) is 0 Å². The van der Waals surface area contributed by atoms with Gasteiger partial charge in [-0.25, -0.2) is 13.2 Å². The lowest BCUT2D eigenvalue weighted by Crippen LogP contribution is -2.48. The summed E-state index contributed by atoms with van der Waals surface area (Å²) in [5.74, 6) is -1.41. The van der Waals surface area contributed by atoms with Gasteiger partial charge in [-0.1, -0.05) is 30.3 Å². The first kappa shape index (κ1) is 27.6. The first-order valence-electron chi connectivity index (χ1n) is 12.1. The van der Waals surface area contributed by atoms with Crippen LogP contribution in [0.1, 0.15) is 23.7 Å². The molecule has 200 valence electrons. The third-order valence-electron chi connectivity index (χ3n) is 6.28. The molecular formula is C27H29N3O6S2. The molecule has 3 aromatic rings. The largest absolute Gasteiger partial charge is 0.462 e. The summed E-state index contributed by atoms with van der Waals surface area (Å²) in [6.07, 6.45) is 0.232. The van der Waals surface area contributed by atoms with E-state index in [4.69, 9.17) is 4.74 Å². The van der Waals surface area contributed by atoms with Crippen molar-refractivity contribution in [3.05, 3.63) is 72.3 Å². The van der Waals surface area contributed by atoms with Crippen LogP contribution in [0.25, 0.3) is 10.8 Å². The highest BCUT2D eigenvalue weighted by Crippen LogP contribution is 2.31. The number of thiol groups is 1. The zero-order valence-corrected chi connectivity index (χ0v) is 22.7. The molecule has 1 aliphatic heterocycles. The summed E-state index contributed by atoms with van der Waals surface area (Å²) < 4.78 is 33.2. The zero-order chi connectivity index (χ0) is 27.4. The van der Waals surface area contributed by atoms with Gasteiger partial charge in [0.2, 0.25) is 21.8 Å². The second kappa shape index (κ2) is 11.5. The summed E-state index contributed by atoms with van der Waals surface area (Å²) in [4.78, 5) is 39.0. The Kier molecular flexibility index (Phi) is 8.39. The molecule has 1 aliphatic rings. The van der Waals surface area contributed by atoms with Gasteiger partial charge in [0, 0.05) is 24.5 Å². The normalized spacial score (nSPS) is 17.8. The van der Waals surface area contributed by atoms with Crippen LogP contribution in [0, 0.1) is 0 Å². The van der Waals surface area contributed by atoms with Gasteiger partial charge in [-0.2, -0.15) is 16.9 Å². The maximum Gasteiger partial charge on any atom is 0.338 e. The molecule has 1 fully saturated rings. The molecule has 1 N–H and O–H groups in total. The van der Waals surface area contributed by atoms with Gasteiger partial charge in [0.1, 0.15) is 6.04 Å². The average Bonchev–Trinajstić information content (AvgIpc) is 3.30. The SMILES string of the molecule is CCOC(=O)c1ccc(NC(=O)CN(C)C(=O)[C@@H]2C[C@H](S)CN2S(=O)(=O)c2ccc3ccccc3c2)cc1. The van der Waals surface area contributed by atoms with Gasteiger partial charge in [-0.05, 0) is 60.5 Å². The summed E-state index contributed by atoms with van der Waals surface area (Å²) in [6, 6.07) is 17.5. The number of esters is 1. The van der Waals surface area contributed by atoms with Crippen LogP contribution < -0.4 is 5.32 Å². The first-order chi connectivity index (χ1) is 18.1. The molecule has 11 heteroatoms. The van der Waals surface area contributed by atoms with Crippen molar-refractivity contribution in [3.8, 4) is 0 Å². The number of hydrogen-bond donors (Lipinski definition) is 2. The highest BCUT2D eigenvalue weighted by molar-refractivity contribution is 7.89. The minimum atomic E-state index is -3.98. The predicted molar refractivity (Wildman–Crippen MR) is 148 cm³/mol. The third kappa shape index (κ3) is 6.01. The van der Waals surface area contributed by atoms with E-state index in [9.17, 15) is 22.8 Å². The monoisotopic (exact) mass is 555 g/mol. The molecule has 0 radical (unpaired) electrons. The van der Waals surface area contributed by atoms with Crippen molar-refractivity contribution in [2.45, 2.75) is 29.5 Å². The highest BCUT2D eigenvalue weighted by Gasteiger charge is 2.44. The van der Waals surface area contributed by atoms with E-state index in [0.717, 1.165) is 10.8 Å². The maximum atomic E-state index is 13.6. The van der Waals surface area contributed by atoms with Crippen molar-refractivity contribution < 1.29 is 27.5 Å². The summed E-state index contributed by atoms with van der Waals surface area (Å²) in [5.41, 5.74) is 0.799. The first-order valence-corrected chi connectivity index (χ1v) is 14.1. The number of rotatable bonds is 8. The molecule has 9 nitrogen and oxygen atoms in total. The molecule has 0 spiro atoms. The molecule has 3 aromatic carbocycles. The van der Waals surface area contributed by atoms with Gasteiger partial charge in [-0.3, -0.25) is 9.59 Å². The number of fused-ring (bicyclic) bond motifs is 1. The number of nitrogens with zero attached hydrogens (tertiary/aromatic N) is 2. The highest BCUT2D eigenvalue weighted by atomic mass is 32.2. The smallest absolute Gasteiger partial charge is 0.338 e. The molecule has 2 amide bonds.